The summed E-state index contributed by atoms with van der Waals surface area (Å²) < 4.78 is 24.4. The Morgan fingerprint density at radius 2 is 2.38 bits per heavy atom. The molecule has 2 N–H and O–H groups in total. The van der Waals surface area contributed by atoms with E-state index in [0.717, 1.165) is 18.5 Å². The van der Waals surface area contributed by atoms with Crippen molar-refractivity contribution in [1.29, 1.82) is 0 Å². The molecule has 0 aliphatic carbocycles. The molecule has 6 heteroatoms. The van der Waals surface area contributed by atoms with E-state index in [1.807, 2.05) is 6.07 Å². The highest BCUT2D eigenvalue weighted by Crippen LogP contribution is 2.26. The highest BCUT2D eigenvalue weighted by atomic mass is 32.2. The summed E-state index contributed by atoms with van der Waals surface area (Å²) in [6.45, 7) is 2.08. The Hall–Kier alpha value is -1.04. The van der Waals surface area contributed by atoms with E-state index in [2.05, 4.69) is 12.0 Å². The highest BCUT2D eigenvalue weighted by Gasteiger charge is 2.30. The van der Waals surface area contributed by atoms with Crippen LogP contribution in [0.1, 0.15) is 31.5 Å². The third-order valence-corrected chi connectivity index (χ3v) is 4.63. The van der Waals surface area contributed by atoms with Crippen molar-refractivity contribution in [2.24, 2.45) is 0 Å². The fourth-order valence-electron chi connectivity index (χ4n) is 2.10. The van der Waals surface area contributed by atoms with Crippen LogP contribution in [0.3, 0.4) is 0 Å². The maximum absolute atomic E-state index is 11.4. The van der Waals surface area contributed by atoms with Crippen LogP contribution in [0.4, 0.5) is 5.82 Å². The SMILES string of the molecule is CCCc1cc(N)n(C2CCS(=O)(=O)C2)n1. The first-order chi connectivity index (χ1) is 7.52. The van der Waals surface area contributed by atoms with Gasteiger partial charge in [-0.1, -0.05) is 13.3 Å². The Kier molecular flexibility index (Phi) is 2.92. The predicted octanol–water partition coefficient (Wildman–Crippen LogP) is 0.777. The Balaban J connectivity index is 2.21. The van der Waals surface area contributed by atoms with Gasteiger partial charge in [0.2, 0.25) is 0 Å². The van der Waals surface area contributed by atoms with Crippen LogP contribution in [0, 0.1) is 0 Å². The van der Waals surface area contributed by atoms with Gasteiger partial charge in [0, 0.05) is 6.07 Å². The number of anilines is 1. The second kappa shape index (κ2) is 4.08. The number of rotatable bonds is 3. The lowest BCUT2D eigenvalue weighted by Gasteiger charge is -2.09. The van der Waals surface area contributed by atoms with Crippen molar-refractivity contribution in [2.75, 3.05) is 17.2 Å². The number of nitrogens with two attached hydrogens (primary N) is 1. The number of aromatic nitrogens is 2. The second-order valence-electron chi connectivity index (χ2n) is 4.31. The minimum Gasteiger partial charge on any atom is -0.384 e. The minimum absolute atomic E-state index is 0.0735. The monoisotopic (exact) mass is 243 g/mol. The van der Waals surface area contributed by atoms with Crippen LogP contribution in [-0.2, 0) is 16.3 Å². The number of sulfone groups is 1. The lowest BCUT2D eigenvalue weighted by molar-refractivity contribution is 0.501. The van der Waals surface area contributed by atoms with Gasteiger partial charge in [0.15, 0.2) is 9.84 Å². The summed E-state index contributed by atoms with van der Waals surface area (Å²) in [7, 11) is -2.88. The van der Waals surface area contributed by atoms with Gasteiger partial charge >= 0.3 is 0 Å². The van der Waals surface area contributed by atoms with E-state index in [0.29, 0.717) is 12.2 Å². The zero-order valence-corrected chi connectivity index (χ0v) is 10.2. The summed E-state index contributed by atoms with van der Waals surface area (Å²) >= 11 is 0. The molecule has 2 rings (SSSR count). The third-order valence-electron chi connectivity index (χ3n) is 2.88. The van der Waals surface area contributed by atoms with E-state index in [1.54, 1.807) is 4.68 Å². The molecule has 90 valence electrons. The minimum atomic E-state index is -2.88. The van der Waals surface area contributed by atoms with Gasteiger partial charge in [-0.05, 0) is 12.8 Å². The van der Waals surface area contributed by atoms with Gasteiger partial charge in [-0.25, -0.2) is 13.1 Å². The van der Waals surface area contributed by atoms with E-state index in [1.165, 1.54) is 0 Å². The molecule has 1 unspecified atom stereocenters. The average Bonchev–Trinajstić information content (AvgIpc) is 2.70. The molecule has 1 fully saturated rings. The van der Waals surface area contributed by atoms with Crippen LogP contribution in [0.5, 0.6) is 0 Å². The van der Waals surface area contributed by atoms with E-state index in [9.17, 15) is 8.42 Å². The van der Waals surface area contributed by atoms with Gasteiger partial charge in [0.1, 0.15) is 5.82 Å². The summed E-state index contributed by atoms with van der Waals surface area (Å²) in [5.41, 5.74) is 6.79. The predicted molar refractivity (Wildman–Crippen MR) is 62.9 cm³/mol. The highest BCUT2D eigenvalue weighted by molar-refractivity contribution is 7.91. The fraction of sp³-hybridized carbons (Fsp3) is 0.700. The Morgan fingerprint density at radius 1 is 1.62 bits per heavy atom. The van der Waals surface area contributed by atoms with E-state index >= 15 is 0 Å². The van der Waals surface area contributed by atoms with Gasteiger partial charge in [-0.15, -0.1) is 0 Å². The van der Waals surface area contributed by atoms with Gasteiger partial charge in [0.05, 0.1) is 23.2 Å². The topological polar surface area (TPSA) is 78.0 Å². The normalized spacial score (nSPS) is 23.7. The van der Waals surface area contributed by atoms with Gasteiger partial charge < -0.3 is 5.73 Å². The van der Waals surface area contributed by atoms with Crippen molar-refractivity contribution in [3.63, 3.8) is 0 Å². The van der Waals surface area contributed by atoms with Crippen LogP contribution in [0.15, 0.2) is 6.07 Å². The molecule has 1 aromatic rings. The summed E-state index contributed by atoms with van der Waals surface area (Å²) in [6, 6.07) is 1.77. The molecule has 0 aromatic carbocycles. The van der Waals surface area contributed by atoms with E-state index < -0.39 is 9.84 Å². The van der Waals surface area contributed by atoms with Crippen molar-refractivity contribution in [1.82, 2.24) is 9.78 Å². The number of aryl methyl sites for hydroxylation is 1. The van der Waals surface area contributed by atoms with Crippen LogP contribution in [0.25, 0.3) is 0 Å². The molecule has 1 saturated heterocycles. The number of hydrogen-bond donors (Lipinski definition) is 1. The summed E-state index contributed by atoms with van der Waals surface area (Å²) in [6.07, 6.45) is 2.52. The average molecular weight is 243 g/mol. The summed E-state index contributed by atoms with van der Waals surface area (Å²) in [5, 5.41) is 4.37. The van der Waals surface area contributed by atoms with Crippen LogP contribution >= 0.6 is 0 Å². The third kappa shape index (κ3) is 2.21. The number of nitrogens with zero attached hydrogens (tertiary/aromatic N) is 2. The van der Waals surface area contributed by atoms with Crippen molar-refractivity contribution in [2.45, 2.75) is 32.2 Å². The number of hydrogen-bond acceptors (Lipinski definition) is 4. The lowest BCUT2D eigenvalue weighted by atomic mass is 10.2. The molecule has 0 amide bonds. The van der Waals surface area contributed by atoms with Crippen molar-refractivity contribution in [3.05, 3.63) is 11.8 Å². The zero-order chi connectivity index (χ0) is 11.8. The summed E-state index contributed by atoms with van der Waals surface area (Å²) in [4.78, 5) is 0. The van der Waals surface area contributed by atoms with Crippen LogP contribution < -0.4 is 5.73 Å². The molecule has 1 aromatic heterocycles. The number of nitrogen functional groups attached to an aromatic ring is 1. The maximum Gasteiger partial charge on any atom is 0.152 e. The molecule has 1 aliphatic rings. The first-order valence-corrected chi connectivity index (χ1v) is 7.38. The van der Waals surface area contributed by atoms with Gasteiger partial charge in [0.25, 0.3) is 0 Å². The summed E-state index contributed by atoms with van der Waals surface area (Å²) in [5.74, 6) is 0.996. The first kappa shape index (κ1) is 11.4. The smallest absolute Gasteiger partial charge is 0.152 e. The van der Waals surface area contributed by atoms with E-state index in [4.69, 9.17) is 5.73 Å². The molecule has 0 spiro atoms. The zero-order valence-electron chi connectivity index (χ0n) is 9.39. The molecule has 0 bridgehead atoms. The second-order valence-corrected chi connectivity index (χ2v) is 6.54. The van der Waals surface area contributed by atoms with Gasteiger partial charge in [-0.3, -0.25) is 0 Å². The quantitative estimate of drug-likeness (QED) is 0.851. The standard InChI is InChI=1S/C10H17N3O2S/c1-2-3-8-6-10(11)13(12-8)9-4-5-16(14,15)7-9/h6,9H,2-5,7,11H2,1H3. The fourth-order valence-corrected chi connectivity index (χ4v) is 3.79. The lowest BCUT2D eigenvalue weighted by Crippen LogP contribution is -2.14. The Labute approximate surface area is 95.6 Å². The Morgan fingerprint density at radius 3 is 2.94 bits per heavy atom. The molecule has 0 saturated carbocycles. The molecule has 1 aliphatic heterocycles. The Bertz CT molecular complexity index is 478. The van der Waals surface area contributed by atoms with Crippen LogP contribution in [0.2, 0.25) is 0 Å². The largest absolute Gasteiger partial charge is 0.384 e. The molecular formula is C10H17N3O2S. The molecule has 0 radical (unpaired) electrons. The molecular weight excluding hydrogens is 226 g/mol. The van der Waals surface area contributed by atoms with Crippen molar-refractivity contribution >= 4 is 15.7 Å². The van der Waals surface area contributed by atoms with Gasteiger partial charge in [-0.2, -0.15) is 5.10 Å². The molecule has 1 atom stereocenters. The van der Waals surface area contributed by atoms with E-state index in [-0.39, 0.29) is 17.5 Å². The molecule has 5 nitrogen and oxygen atoms in total. The van der Waals surface area contributed by atoms with Crippen LogP contribution in [-0.4, -0.2) is 29.7 Å². The first-order valence-electron chi connectivity index (χ1n) is 5.56. The van der Waals surface area contributed by atoms with Crippen molar-refractivity contribution < 1.29 is 8.42 Å². The maximum atomic E-state index is 11.4. The van der Waals surface area contributed by atoms with Crippen molar-refractivity contribution in [3.8, 4) is 0 Å². The molecule has 16 heavy (non-hydrogen) atoms. The molecule has 2 heterocycles.